The molecule has 0 saturated heterocycles. The number of imidazole rings is 2. The maximum atomic E-state index is 5.21. The second-order valence-corrected chi connectivity index (χ2v) is 21.1. The number of nitrogens with zero attached hydrogens (tertiary/aromatic N) is 7. The average molecular weight is 1040 g/mol. The number of para-hydroxylation sites is 3. The van der Waals surface area contributed by atoms with E-state index in [1.54, 1.807) is 0 Å². The highest BCUT2D eigenvalue weighted by molar-refractivity contribution is 5.88. The van der Waals surface area contributed by atoms with Crippen LogP contribution in [0.1, 0.15) is 42.5 Å². The van der Waals surface area contributed by atoms with Gasteiger partial charge in [0.2, 0.25) is 0 Å². The van der Waals surface area contributed by atoms with E-state index in [-0.39, 0.29) is 5.41 Å². The van der Waals surface area contributed by atoms with E-state index in [1.807, 2.05) is 30.4 Å². The van der Waals surface area contributed by atoms with Crippen LogP contribution in [0.25, 0.3) is 125 Å². The van der Waals surface area contributed by atoms with Crippen molar-refractivity contribution in [2.45, 2.75) is 25.7 Å². The van der Waals surface area contributed by atoms with Gasteiger partial charge in [-0.2, -0.15) is 0 Å². The summed E-state index contributed by atoms with van der Waals surface area (Å²) >= 11 is 0. The molecule has 0 radical (unpaired) electrons. The summed E-state index contributed by atoms with van der Waals surface area (Å²) in [5.41, 5.74) is 19.8. The van der Waals surface area contributed by atoms with Crippen molar-refractivity contribution in [2.75, 3.05) is 0 Å². The molecule has 0 unspecified atom stereocenters. The normalized spacial score (nSPS) is 11.7. The molecule has 13 aromatic rings. The maximum absolute atomic E-state index is 5.21. The second-order valence-electron chi connectivity index (χ2n) is 21.1. The highest BCUT2D eigenvalue weighted by Crippen LogP contribution is 2.37. The van der Waals surface area contributed by atoms with Crippen LogP contribution in [0.4, 0.5) is 0 Å². The van der Waals surface area contributed by atoms with E-state index in [2.05, 4.69) is 283 Å². The third-order valence-corrected chi connectivity index (χ3v) is 15.4. The van der Waals surface area contributed by atoms with Gasteiger partial charge >= 0.3 is 0 Å². The minimum Gasteiger partial charge on any atom is -0.292 e. The van der Waals surface area contributed by atoms with Gasteiger partial charge in [0.15, 0.2) is 11.6 Å². The van der Waals surface area contributed by atoms with Crippen LogP contribution in [-0.2, 0) is 5.41 Å². The lowest BCUT2D eigenvalue weighted by Crippen LogP contribution is -2.15. The van der Waals surface area contributed by atoms with E-state index < -0.39 is 0 Å². The van der Waals surface area contributed by atoms with Crippen LogP contribution in [0.15, 0.2) is 268 Å². The van der Waals surface area contributed by atoms with E-state index in [0.717, 1.165) is 130 Å². The molecule has 3 heterocycles. The monoisotopic (exact) mass is 1040 g/mol. The zero-order chi connectivity index (χ0) is 54.9. The van der Waals surface area contributed by atoms with Crippen LogP contribution >= 0.6 is 0 Å². The summed E-state index contributed by atoms with van der Waals surface area (Å²) in [6.45, 7) is 12.5. The minimum absolute atomic E-state index is 0.149. The highest BCUT2D eigenvalue weighted by Gasteiger charge is 2.23. The first-order valence-corrected chi connectivity index (χ1v) is 27.4. The van der Waals surface area contributed by atoms with Gasteiger partial charge in [-0.3, -0.25) is 13.7 Å². The zero-order valence-corrected chi connectivity index (χ0v) is 45.2. The number of allylic oxidation sites excluding steroid dienone is 1. The van der Waals surface area contributed by atoms with Gasteiger partial charge in [0.25, 0.3) is 0 Å². The molecule has 13 rings (SSSR count). The van der Waals surface area contributed by atoms with Gasteiger partial charge in [-0.1, -0.05) is 239 Å². The van der Waals surface area contributed by atoms with Gasteiger partial charge in [0.1, 0.15) is 11.6 Å². The van der Waals surface area contributed by atoms with Gasteiger partial charge in [0, 0.05) is 39.3 Å². The Labute approximate surface area is 472 Å². The van der Waals surface area contributed by atoms with Crippen molar-refractivity contribution >= 4 is 40.3 Å². The molecule has 0 fully saturated rings. The average Bonchev–Trinajstić information content (AvgIpc) is 4.48. The number of hydrogen-bond acceptors (Lipinski definition) is 4. The van der Waals surface area contributed by atoms with Gasteiger partial charge < -0.3 is 0 Å². The largest absolute Gasteiger partial charge is 0.292 e. The molecular weight excluding hydrogens is 987 g/mol. The Bertz CT molecular complexity index is 4430. The van der Waals surface area contributed by atoms with Crippen LogP contribution in [0, 0.1) is 0 Å². The molecule has 0 N–H and O–H groups in total. The number of fused-ring (bicyclic) bond motifs is 2. The molecule has 0 aliphatic carbocycles. The van der Waals surface area contributed by atoms with Gasteiger partial charge in [-0.25, -0.2) is 9.97 Å². The molecule has 0 atom stereocenters. The summed E-state index contributed by atoms with van der Waals surface area (Å²) in [5.74, 6) is 3.31. The molecule has 3 aromatic heterocycles. The molecule has 0 amide bonds. The van der Waals surface area contributed by atoms with Crippen LogP contribution < -0.4 is 0 Å². The van der Waals surface area contributed by atoms with Crippen LogP contribution in [0.2, 0.25) is 0 Å². The Morgan fingerprint density at radius 3 is 1.46 bits per heavy atom. The summed E-state index contributed by atoms with van der Waals surface area (Å²) < 4.78 is 6.69. The summed E-state index contributed by atoms with van der Waals surface area (Å²) in [4.78, 5) is 10.3. The van der Waals surface area contributed by atoms with Crippen molar-refractivity contribution in [2.24, 2.45) is 0 Å². The molecule has 388 valence electrons. The smallest absolute Gasteiger partial charge is 0.168 e. The van der Waals surface area contributed by atoms with Crippen molar-refractivity contribution in [1.29, 1.82) is 0 Å². The molecular formula is C74H57N7. The summed E-state index contributed by atoms with van der Waals surface area (Å²) in [6, 6.07) is 87.4. The molecule has 0 saturated carbocycles. The quantitative estimate of drug-likeness (QED) is 0.103. The van der Waals surface area contributed by atoms with Crippen molar-refractivity contribution in [3.63, 3.8) is 0 Å². The molecule has 0 spiro atoms. The molecule has 7 heteroatoms. The molecule has 7 nitrogen and oxygen atoms in total. The topological polar surface area (TPSA) is 66.3 Å². The molecule has 0 aliphatic rings. The number of aromatic nitrogens is 7. The van der Waals surface area contributed by atoms with E-state index in [9.17, 15) is 0 Å². The summed E-state index contributed by atoms with van der Waals surface area (Å²) in [5, 5.41) is 9.93. The van der Waals surface area contributed by atoms with Crippen LogP contribution in [0.3, 0.4) is 0 Å². The third-order valence-electron chi connectivity index (χ3n) is 15.4. The molecule has 0 bridgehead atoms. The Morgan fingerprint density at radius 1 is 0.358 bits per heavy atom. The molecule has 81 heavy (non-hydrogen) atoms. The maximum Gasteiger partial charge on any atom is 0.168 e. The summed E-state index contributed by atoms with van der Waals surface area (Å²) in [6.07, 6.45) is 9.09. The first-order chi connectivity index (χ1) is 39.8. The Kier molecular flexibility index (Phi) is 13.2. The Balaban J connectivity index is 0.816. The minimum atomic E-state index is -0.149. The van der Waals surface area contributed by atoms with E-state index in [4.69, 9.17) is 20.2 Å². The lowest BCUT2D eigenvalue weighted by molar-refractivity contribution is 0.535. The van der Waals surface area contributed by atoms with Gasteiger partial charge in [0.05, 0.1) is 22.1 Å². The zero-order valence-electron chi connectivity index (χ0n) is 45.2. The fourth-order valence-corrected chi connectivity index (χ4v) is 10.9. The van der Waals surface area contributed by atoms with Crippen LogP contribution in [0.5, 0.6) is 0 Å². The van der Waals surface area contributed by atoms with Crippen molar-refractivity contribution in [1.82, 2.24) is 33.9 Å². The predicted octanol–water partition coefficient (Wildman–Crippen LogP) is 18.6. The van der Waals surface area contributed by atoms with Gasteiger partial charge in [-0.15, -0.1) is 10.2 Å². The van der Waals surface area contributed by atoms with Crippen molar-refractivity contribution in [3.8, 4) is 84.9 Å². The second kappa shape index (κ2) is 21.4. The van der Waals surface area contributed by atoms with Gasteiger partial charge in [-0.05, 0) is 117 Å². The predicted molar refractivity (Wildman–Crippen MR) is 337 cm³/mol. The highest BCUT2D eigenvalue weighted by atomic mass is 15.3. The molecule has 10 aromatic carbocycles. The standard InChI is InChI=1S/C74H57N7/c1-5-51-26-32-54(33-27-51)55-36-38-58(39-37-55)72-77-78-73(81(72)65-23-15-20-60(49-65)61-42-47-67-69(50-61)80(64-45-30-52(6-2)31-46-64)70(76-67)56-18-9-7-10-19-56)59-40-43-62(44-41-59)74(3,4)48-16-17-53-28-34-57(35-29-53)71-75-66-24-13-14-25-68(66)79(71)63-21-11-8-12-22-63/h5-47,49-50H,1-2,48H2,3-4H3/b17-16+. The first kappa shape index (κ1) is 50.0. The Hall–Kier alpha value is -10.5. The lowest BCUT2D eigenvalue weighted by Gasteiger charge is -2.24. The van der Waals surface area contributed by atoms with Crippen LogP contribution in [-0.4, -0.2) is 33.9 Å². The lowest BCUT2D eigenvalue weighted by atomic mass is 9.81. The third kappa shape index (κ3) is 9.83. The van der Waals surface area contributed by atoms with Crippen molar-refractivity contribution < 1.29 is 0 Å². The Morgan fingerprint density at radius 2 is 0.802 bits per heavy atom. The SMILES string of the molecule is C=Cc1ccc(-c2ccc(-c3nnc(-c4ccc(C(C)(C)C/C=C/c5ccc(-c6nc7ccccc7n6-c6ccccc6)cc5)cc4)n3-c3cccc(-c4ccc5nc(-c6ccccc6)n(-c6ccc(C=C)cc6)c5c4)c3)cc2)cc1. The number of benzene rings is 10. The van der Waals surface area contributed by atoms with E-state index in [0.29, 0.717) is 0 Å². The fourth-order valence-electron chi connectivity index (χ4n) is 10.9. The molecule has 0 aliphatic heterocycles. The first-order valence-electron chi connectivity index (χ1n) is 27.4. The van der Waals surface area contributed by atoms with Crippen molar-refractivity contribution in [3.05, 3.63) is 290 Å². The summed E-state index contributed by atoms with van der Waals surface area (Å²) in [7, 11) is 0. The fraction of sp³-hybridized carbons (Fsp3) is 0.0541. The van der Waals surface area contributed by atoms with E-state index in [1.165, 1.54) is 5.56 Å². The number of hydrogen-bond donors (Lipinski definition) is 0. The van der Waals surface area contributed by atoms with E-state index >= 15 is 0 Å². The number of rotatable bonds is 15.